The third-order valence-electron chi connectivity index (χ3n) is 3.06. The minimum Gasteiger partial charge on any atom is -0.496 e. The highest BCUT2D eigenvalue weighted by Gasteiger charge is 2.10. The highest BCUT2D eigenvalue weighted by atomic mass is 35.5. The van der Waals surface area contributed by atoms with Gasteiger partial charge in [-0.2, -0.15) is 0 Å². The highest BCUT2D eigenvalue weighted by Crippen LogP contribution is 2.26. The van der Waals surface area contributed by atoms with E-state index in [4.69, 9.17) is 21.1 Å². The SMILES string of the molecule is COc1ccc(Cl)cc1COc1ccc([C@@H](C)O)c(F)c1. The molecule has 0 radical (unpaired) electrons. The van der Waals surface area contributed by atoms with Gasteiger partial charge >= 0.3 is 0 Å². The summed E-state index contributed by atoms with van der Waals surface area (Å²) in [6.45, 7) is 1.72. The molecule has 0 aliphatic rings. The molecule has 112 valence electrons. The summed E-state index contributed by atoms with van der Waals surface area (Å²) in [6, 6.07) is 9.58. The number of aliphatic hydroxyl groups excluding tert-OH is 1. The number of rotatable bonds is 5. The van der Waals surface area contributed by atoms with Crippen LogP contribution in [-0.2, 0) is 6.61 Å². The van der Waals surface area contributed by atoms with Crippen molar-refractivity contribution in [1.82, 2.24) is 0 Å². The van der Waals surface area contributed by atoms with Crippen molar-refractivity contribution >= 4 is 11.6 Å². The Labute approximate surface area is 127 Å². The van der Waals surface area contributed by atoms with Gasteiger partial charge in [0, 0.05) is 22.2 Å². The lowest BCUT2D eigenvalue weighted by Crippen LogP contribution is -2.01. The van der Waals surface area contributed by atoms with E-state index < -0.39 is 11.9 Å². The van der Waals surface area contributed by atoms with Crippen LogP contribution >= 0.6 is 11.6 Å². The Hall–Kier alpha value is -1.78. The number of methoxy groups -OCH3 is 1. The first kappa shape index (κ1) is 15.6. The van der Waals surface area contributed by atoms with Crippen LogP contribution in [0.3, 0.4) is 0 Å². The van der Waals surface area contributed by atoms with Crippen molar-refractivity contribution in [2.24, 2.45) is 0 Å². The van der Waals surface area contributed by atoms with Gasteiger partial charge in [0.2, 0.25) is 0 Å². The van der Waals surface area contributed by atoms with Crippen molar-refractivity contribution in [3.05, 3.63) is 58.4 Å². The topological polar surface area (TPSA) is 38.7 Å². The molecule has 2 aromatic rings. The number of aliphatic hydroxyl groups is 1. The van der Waals surface area contributed by atoms with Crippen LogP contribution in [-0.4, -0.2) is 12.2 Å². The van der Waals surface area contributed by atoms with Crippen LogP contribution in [0, 0.1) is 5.82 Å². The summed E-state index contributed by atoms with van der Waals surface area (Å²) < 4.78 is 24.5. The fourth-order valence-electron chi connectivity index (χ4n) is 1.96. The fraction of sp³-hybridized carbons (Fsp3) is 0.250. The van der Waals surface area contributed by atoms with Gasteiger partial charge in [-0.3, -0.25) is 0 Å². The molecule has 0 saturated heterocycles. The van der Waals surface area contributed by atoms with Gasteiger partial charge in [0.15, 0.2) is 0 Å². The number of hydrogen-bond donors (Lipinski definition) is 1. The van der Waals surface area contributed by atoms with Crippen LogP contribution in [0.4, 0.5) is 4.39 Å². The van der Waals surface area contributed by atoms with E-state index >= 15 is 0 Å². The number of ether oxygens (including phenoxy) is 2. The number of halogens is 2. The Bertz CT molecular complexity index is 629. The van der Waals surface area contributed by atoms with E-state index in [-0.39, 0.29) is 12.2 Å². The van der Waals surface area contributed by atoms with Crippen LogP contribution in [0.1, 0.15) is 24.2 Å². The van der Waals surface area contributed by atoms with Gasteiger partial charge in [-0.05, 0) is 37.3 Å². The average molecular weight is 311 g/mol. The first-order valence-corrected chi connectivity index (χ1v) is 6.81. The zero-order chi connectivity index (χ0) is 15.4. The molecule has 0 heterocycles. The normalized spacial score (nSPS) is 12.0. The molecule has 0 saturated carbocycles. The van der Waals surface area contributed by atoms with E-state index in [1.807, 2.05) is 0 Å². The molecule has 0 spiro atoms. The molecule has 5 heteroatoms. The molecule has 0 unspecified atom stereocenters. The van der Waals surface area contributed by atoms with Crippen LogP contribution in [0.2, 0.25) is 5.02 Å². The minimum absolute atomic E-state index is 0.206. The third-order valence-corrected chi connectivity index (χ3v) is 3.29. The maximum absolute atomic E-state index is 13.8. The Morgan fingerprint density at radius 2 is 2.00 bits per heavy atom. The van der Waals surface area contributed by atoms with Gasteiger partial charge in [-0.25, -0.2) is 4.39 Å². The van der Waals surface area contributed by atoms with Gasteiger partial charge in [0.25, 0.3) is 0 Å². The van der Waals surface area contributed by atoms with Crippen molar-refractivity contribution in [2.75, 3.05) is 7.11 Å². The standard InChI is InChI=1S/C16H16ClFO3/c1-10(19)14-5-4-13(8-15(14)18)21-9-11-7-12(17)3-6-16(11)20-2/h3-8,10,19H,9H2,1-2H3/t10-/m1/s1. The Morgan fingerprint density at radius 3 is 2.62 bits per heavy atom. The van der Waals surface area contributed by atoms with Crippen molar-refractivity contribution in [1.29, 1.82) is 0 Å². The van der Waals surface area contributed by atoms with E-state index in [1.54, 1.807) is 31.4 Å². The van der Waals surface area contributed by atoms with Crippen LogP contribution in [0.25, 0.3) is 0 Å². The molecular formula is C16H16ClFO3. The van der Waals surface area contributed by atoms with Gasteiger partial charge in [-0.15, -0.1) is 0 Å². The average Bonchev–Trinajstić information content (AvgIpc) is 2.45. The molecule has 1 N–H and O–H groups in total. The van der Waals surface area contributed by atoms with Crippen molar-refractivity contribution in [3.8, 4) is 11.5 Å². The lowest BCUT2D eigenvalue weighted by Gasteiger charge is -2.12. The van der Waals surface area contributed by atoms with Crippen molar-refractivity contribution in [3.63, 3.8) is 0 Å². The molecule has 0 fully saturated rings. The zero-order valence-electron chi connectivity index (χ0n) is 11.8. The Morgan fingerprint density at radius 1 is 1.24 bits per heavy atom. The van der Waals surface area contributed by atoms with Gasteiger partial charge in [0.05, 0.1) is 13.2 Å². The molecular weight excluding hydrogens is 295 g/mol. The summed E-state index contributed by atoms with van der Waals surface area (Å²) in [7, 11) is 1.56. The first-order valence-electron chi connectivity index (χ1n) is 6.44. The largest absolute Gasteiger partial charge is 0.496 e. The molecule has 0 aromatic heterocycles. The van der Waals surface area contributed by atoms with Gasteiger partial charge in [-0.1, -0.05) is 11.6 Å². The van der Waals surface area contributed by atoms with Gasteiger partial charge in [0.1, 0.15) is 23.9 Å². The summed E-state index contributed by atoms with van der Waals surface area (Å²) in [6.07, 6.45) is -0.855. The monoisotopic (exact) mass is 310 g/mol. The predicted octanol–water partition coefficient (Wildman–Crippen LogP) is 4.12. The maximum Gasteiger partial charge on any atom is 0.132 e. The fourth-order valence-corrected chi connectivity index (χ4v) is 2.15. The lowest BCUT2D eigenvalue weighted by atomic mass is 10.1. The second-order valence-corrected chi connectivity index (χ2v) is 5.04. The second kappa shape index (κ2) is 6.78. The van der Waals surface area contributed by atoms with E-state index in [2.05, 4.69) is 0 Å². The number of hydrogen-bond acceptors (Lipinski definition) is 3. The molecule has 21 heavy (non-hydrogen) atoms. The Balaban J connectivity index is 2.13. The van der Waals surface area contributed by atoms with E-state index in [1.165, 1.54) is 19.1 Å². The highest BCUT2D eigenvalue weighted by molar-refractivity contribution is 6.30. The first-order chi connectivity index (χ1) is 10.0. The zero-order valence-corrected chi connectivity index (χ0v) is 12.5. The minimum atomic E-state index is -0.855. The van der Waals surface area contributed by atoms with Crippen LogP contribution in [0.5, 0.6) is 11.5 Å². The molecule has 2 aromatic carbocycles. The summed E-state index contributed by atoms with van der Waals surface area (Å²) in [5.41, 5.74) is 1.01. The van der Waals surface area contributed by atoms with Crippen molar-refractivity contribution in [2.45, 2.75) is 19.6 Å². The second-order valence-electron chi connectivity index (χ2n) is 4.60. The molecule has 2 rings (SSSR count). The van der Waals surface area contributed by atoms with Crippen molar-refractivity contribution < 1.29 is 19.0 Å². The summed E-state index contributed by atoms with van der Waals surface area (Å²) in [5, 5.41) is 9.96. The predicted molar refractivity (Wildman–Crippen MR) is 79.4 cm³/mol. The molecule has 3 nitrogen and oxygen atoms in total. The number of benzene rings is 2. The third kappa shape index (κ3) is 3.86. The van der Waals surface area contributed by atoms with E-state index in [0.717, 1.165) is 5.56 Å². The maximum atomic E-state index is 13.8. The van der Waals surface area contributed by atoms with E-state index in [9.17, 15) is 9.50 Å². The summed E-state index contributed by atoms with van der Waals surface area (Å²) in [5.74, 6) is 0.528. The molecule has 0 bridgehead atoms. The van der Waals surface area contributed by atoms with E-state index in [0.29, 0.717) is 16.5 Å². The molecule has 1 atom stereocenters. The van der Waals surface area contributed by atoms with Crippen LogP contribution in [0.15, 0.2) is 36.4 Å². The molecule has 0 amide bonds. The summed E-state index contributed by atoms with van der Waals surface area (Å²) >= 11 is 5.94. The van der Waals surface area contributed by atoms with Crippen LogP contribution < -0.4 is 9.47 Å². The summed E-state index contributed by atoms with van der Waals surface area (Å²) in [4.78, 5) is 0. The Kier molecular flexibility index (Phi) is 5.04. The lowest BCUT2D eigenvalue weighted by molar-refractivity contribution is 0.194. The van der Waals surface area contributed by atoms with Gasteiger partial charge < -0.3 is 14.6 Å². The molecule has 0 aliphatic carbocycles. The molecule has 0 aliphatic heterocycles. The smallest absolute Gasteiger partial charge is 0.132 e. The quantitative estimate of drug-likeness (QED) is 0.903.